The van der Waals surface area contributed by atoms with E-state index in [2.05, 4.69) is 5.32 Å². The first kappa shape index (κ1) is 14.5. The van der Waals surface area contributed by atoms with Gasteiger partial charge in [-0.2, -0.15) is 0 Å². The van der Waals surface area contributed by atoms with Crippen LogP contribution in [-0.4, -0.2) is 29.1 Å². The quantitative estimate of drug-likeness (QED) is 0.738. The van der Waals surface area contributed by atoms with E-state index < -0.39 is 24.0 Å². The number of hydrogen-bond acceptors (Lipinski definition) is 3. The normalized spacial score (nSPS) is 13.7. The molecule has 0 heterocycles. The molecular weight excluding hydrogens is 256 g/mol. The molecule has 0 fully saturated rings. The minimum absolute atomic E-state index is 0.185. The second-order valence-electron chi connectivity index (χ2n) is 4.02. The van der Waals surface area contributed by atoms with E-state index in [0.717, 1.165) is 5.56 Å². The molecule has 1 aromatic rings. The highest BCUT2D eigenvalue weighted by molar-refractivity contribution is 6.30. The Kier molecular flexibility index (Phi) is 5.12. The van der Waals surface area contributed by atoms with Crippen molar-refractivity contribution in [2.45, 2.75) is 25.4 Å². The van der Waals surface area contributed by atoms with Crippen molar-refractivity contribution in [3.8, 4) is 0 Å². The number of carboxylic acids is 1. The first-order valence-corrected chi connectivity index (χ1v) is 5.81. The second-order valence-corrected chi connectivity index (χ2v) is 4.46. The molecule has 1 amide bonds. The van der Waals surface area contributed by atoms with Gasteiger partial charge in [-0.1, -0.05) is 23.7 Å². The van der Waals surface area contributed by atoms with Crippen LogP contribution in [0.3, 0.4) is 0 Å². The zero-order valence-electron chi connectivity index (χ0n) is 9.89. The summed E-state index contributed by atoms with van der Waals surface area (Å²) in [5.74, 6) is -1.59. The van der Waals surface area contributed by atoms with Crippen molar-refractivity contribution in [3.63, 3.8) is 0 Å². The fourth-order valence-electron chi connectivity index (χ4n) is 1.36. The average Bonchev–Trinajstić information content (AvgIpc) is 2.30. The Balaban J connectivity index is 2.72. The predicted molar refractivity (Wildman–Crippen MR) is 68.4 cm³/mol. The summed E-state index contributed by atoms with van der Waals surface area (Å²) in [5, 5.41) is 12.0. The third-order valence-corrected chi connectivity index (χ3v) is 2.63. The molecule has 98 valence electrons. The van der Waals surface area contributed by atoms with Crippen LogP contribution in [0.1, 0.15) is 12.5 Å². The lowest BCUT2D eigenvalue weighted by Crippen LogP contribution is -2.48. The number of carbonyl (C=O) groups excluding carboxylic acids is 1. The van der Waals surface area contributed by atoms with Crippen LogP contribution < -0.4 is 11.1 Å². The molecule has 0 spiro atoms. The number of carboxylic acid groups (broad SMARTS) is 1. The highest BCUT2D eigenvalue weighted by atomic mass is 35.5. The van der Waals surface area contributed by atoms with Crippen molar-refractivity contribution in [1.82, 2.24) is 5.32 Å². The number of halogens is 1. The summed E-state index contributed by atoms with van der Waals surface area (Å²) in [6.07, 6.45) is 0.185. The maximum absolute atomic E-state index is 11.4. The van der Waals surface area contributed by atoms with Gasteiger partial charge >= 0.3 is 5.97 Å². The average molecular weight is 271 g/mol. The summed E-state index contributed by atoms with van der Waals surface area (Å²) in [6.45, 7) is 1.50. The fraction of sp³-hybridized carbons (Fsp3) is 0.333. The Morgan fingerprint density at radius 1 is 1.39 bits per heavy atom. The summed E-state index contributed by atoms with van der Waals surface area (Å²) >= 11 is 5.73. The van der Waals surface area contributed by atoms with Crippen LogP contribution in [0.2, 0.25) is 5.02 Å². The summed E-state index contributed by atoms with van der Waals surface area (Å²) in [5.41, 5.74) is 6.15. The van der Waals surface area contributed by atoms with Gasteiger partial charge in [0, 0.05) is 11.4 Å². The maximum atomic E-state index is 11.4. The van der Waals surface area contributed by atoms with Gasteiger partial charge in [-0.3, -0.25) is 4.79 Å². The van der Waals surface area contributed by atoms with Crippen molar-refractivity contribution in [3.05, 3.63) is 34.9 Å². The van der Waals surface area contributed by atoms with E-state index in [9.17, 15) is 9.59 Å². The molecule has 1 rings (SSSR count). The predicted octanol–water partition coefficient (Wildman–Crippen LogP) is 0.799. The molecule has 6 heteroatoms. The number of rotatable bonds is 5. The van der Waals surface area contributed by atoms with Crippen molar-refractivity contribution >= 4 is 23.5 Å². The van der Waals surface area contributed by atoms with E-state index >= 15 is 0 Å². The zero-order valence-corrected chi connectivity index (χ0v) is 10.6. The van der Waals surface area contributed by atoms with Crippen molar-refractivity contribution < 1.29 is 14.7 Å². The highest BCUT2D eigenvalue weighted by Gasteiger charge is 2.21. The SMILES string of the molecule is C[C@@H](N)C(=O)N[C@@H](Cc1ccc(Cl)cc1)C(=O)O. The summed E-state index contributed by atoms with van der Waals surface area (Å²) < 4.78 is 0. The van der Waals surface area contributed by atoms with E-state index in [-0.39, 0.29) is 6.42 Å². The lowest BCUT2D eigenvalue weighted by molar-refractivity contribution is -0.141. The summed E-state index contributed by atoms with van der Waals surface area (Å²) in [7, 11) is 0. The largest absolute Gasteiger partial charge is 0.480 e. The number of benzene rings is 1. The van der Waals surface area contributed by atoms with Crippen molar-refractivity contribution in [2.24, 2.45) is 5.73 Å². The molecule has 2 atom stereocenters. The van der Waals surface area contributed by atoms with Crippen LogP contribution in [0.4, 0.5) is 0 Å². The molecule has 0 aliphatic carbocycles. The van der Waals surface area contributed by atoms with Gasteiger partial charge in [0.15, 0.2) is 0 Å². The highest BCUT2D eigenvalue weighted by Crippen LogP contribution is 2.11. The van der Waals surface area contributed by atoms with Crippen LogP contribution in [-0.2, 0) is 16.0 Å². The van der Waals surface area contributed by atoms with Gasteiger partial charge in [0.2, 0.25) is 5.91 Å². The molecule has 0 saturated heterocycles. The van der Waals surface area contributed by atoms with Gasteiger partial charge in [0.1, 0.15) is 6.04 Å². The monoisotopic (exact) mass is 270 g/mol. The Labute approximate surface area is 110 Å². The minimum Gasteiger partial charge on any atom is -0.480 e. The number of hydrogen-bond donors (Lipinski definition) is 3. The van der Waals surface area contributed by atoms with Gasteiger partial charge in [-0.25, -0.2) is 4.79 Å². The number of amides is 1. The maximum Gasteiger partial charge on any atom is 0.326 e. The Morgan fingerprint density at radius 2 is 1.94 bits per heavy atom. The number of nitrogens with one attached hydrogen (secondary N) is 1. The van der Waals surface area contributed by atoms with Gasteiger partial charge in [-0.15, -0.1) is 0 Å². The molecule has 1 aromatic carbocycles. The van der Waals surface area contributed by atoms with Crippen LogP contribution in [0.15, 0.2) is 24.3 Å². The molecule has 0 bridgehead atoms. The third-order valence-electron chi connectivity index (χ3n) is 2.38. The van der Waals surface area contributed by atoms with Crippen molar-refractivity contribution in [1.29, 1.82) is 0 Å². The van der Waals surface area contributed by atoms with E-state index in [1.54, 1.807) is 24.3 Å². The zero-order chi connectivity index (χ0) is 13.7. The standard InChI is InChI=1S/C12H15ClN2O3/c1-7(14)11(16)15-10(12(17)18)6-8-2-4-9(13)5-3-8/h2-5,7,10H,6,14H2,1H3,(H,15,16)(H,17,18)/t7-,10+/m1/s1. The lowest BCUT2D eigenvalue weighted by atomic mass is 10.1. The van der Waals surface area contributed by atoms with Crippen LogP contribution in [0.25, 0.3) is 0 Å². The Hall–Kier alpha value is -1.59. The summed E-state index contributed by atoms with van der Waals surface area (Å²) in [6, 6.07) is 5.04. The smallest absolute Gasteiger partial charge is 0.326 e. The van der Waals surface area contributed by atoms with E-state index in [1.807, 2.05) is 0 Å². The number of nitrogens with two attached hydrogens (primary N) is 1. The van der Waals surface area contributed by atoms with E-state index in [1.165, 1.54) is 6.92 Å². The second kappa shape index (κ2) is 6.37. The first-order valence-electron chi connectivity index (χ1n) is 5.43. The van der Waals surface area contributed by atoms with Crippen LogP contribution >= 0.6 is 11.6 Å². The topological polar surface area (TPSA) is 92.4 Å². The lowest BCUT2D eigenvalue weighted by Gasteiger charge is -2.16. The summed E-state index contributed by atoms with van der Waals surface area (Å²) in [4.78, 5) is 22.4. The number of aliphatic carboxylic acids is 1. The molecular formula is C12H15ClN2O3. The fourth-order valence-corrected chi connectivity index (χ4v) is 1.49. The molecule has 0 saturated carbocycles. The molecule has 0 aliphatic heterocycles. The molecule has 0 aromatic heterocycles. The van der Waals surface area contributed by atoms with Gasteiger partial charge in [0.25, 0.3) is 0 Å². The van der Waals surface area contributed by atoms with Gasteiger partial charge < -0.3 is 16.2 Å². The first-order chi connectivity index (χ1) is 8.40. The molecule has 0 aliphatic rings. The third kappa shape index (κ3) is 4.35. The molecule has 0 unspecified atom stereocenters. The van der Waals surface area contributed by atoms with Gasteiger partial charge in [0.05, 0.1) is 6.04 Å². The molecule has 4 N–H and O–H groups in total. The molecule has 18 heavy (non-hydrogen) atoms. The molecule has 5 nitrogen and oxygen atoms in total. The van der Waals surface area contributed by atoms with Crippen LogP contribution in [0, 0.1) is 0 Å². The molecule has 0 radical (unpaired) electrons. The Morgan fingerprint density at radius 3 is 2.39 bits per heavy atom. The van der Waals surface area contributed by atoms with E-state index in [0.29, 0.717) is 5.02 Å². The van der Waals surface area contributed by atoms with Crippen molar-refractivity contribution in [2.75, 3.05) is 0 Å². The number of carbonyl (C=O) groups is 2. The van der Waals surface area contributed by atoms with E-state index in [4.69, 9.17) is 22.4 Å². The Bertz CT molecular complexity index is 431. The van der Waals surface area contributed by atoms with Crippen LogP contribution in [0.5, 0.6) is 0 Å². The minimum atomic E-state index is -1.10. The van der Waals surface area contributed by atoms with Gasteiger partial charge in [-0.05, 0) is 24.6 Å².